The topological polar surface area (TPSA) is 78.0 Å². The summed E-state index contributed by atoms with van der Waals surface area (Å²) in [6.45, 7) is 4.26. The molecule has 1 aromatic rings. The second-order valence-corrected chi connectivity index (χ2v) is 11.6. The number of aryl methyl sites for hydroxylation is 1. The number of benzene rings is 1. The molecule has 182 valence electrons. The van der Waals surface area contributed by atoms with Gasteiger partial charge in [0.2, 0.25) is 21.8 Å². The maximum atomic E-state index is 12.9. The monoisotopic (exact) mass is 475 g/mol. The zero-order valence-corrected chi connectivity index (χ0v) is 20.4. The molecule has 3 aliphatic rings. The largest absolute Gasteiger partial charge is 0.343 e. The van der Waals surface area contributed by atoms with Gasteiger partial charge >= 0.3 is 0 Å². The Hall–Kier alpha value is -1.93. The van der Waals surface area contributed by atoms with Crippen LogP contribution in [0.4, 0.5) is 0 Å². The Balaban J connectivity index is 1.23. The van der Waals surface area contributed by atoms with Crippen molar-refractivity contribution in [2.45, 2.75) is 69.1 Å². The van der Waals surface area contributed by atoms with Crippen molar-refractivity contribution in [2.75, 3.05) is 39.3 Å². The van der Waals surface area contributed by atoms with Crippen LogP contribution in [0.1, 0.15) is 63.4 Å². The van der Waals surface area contributed by atoms with Crippen molar-refractivity contribution < 1.29 is 18.0 Å². The SMILES string of the molecule is O=C(CCc1ccc(S(=O)(=O)N2CCCC2)cc1)N1CCC(C(=O)N2CCCCCC2)CC1. The van der Waals surface area contributed by atoms with Crippen molar-refractivity contribution in [3.8, 4) is 0 Å². The van der Waals surface area contributed by atoms with Gasteiger partial charge in [-0.1, -0.05) is 25.0 Å². The molecular formula is C25H37N3O4S. The minimum absolute atomic E-state index is 0.0530. The molecular weight excluding hydrogens is 438 g/mol. The van der Waals surface area contributed by atoms with Crippen LogP contribution in [-0.2, 0) is 26.0 Å². The lowest BCUT2D eigenvalue weighted by Crippen LogP contribution is -2.44. The van der Waals surface area contributed by atoms with Gasteiger partial charge < -0.3 is 9.80 Å². The molecule has 8 heteroatoms. The number of piperidine rings is 1. The quantitative estimate of drug-likeness (QED) is 0.634. The minimum atomic E-state index is -3.40. The van der Waals surface area contributed by atoms with Gasteiger partial charge in [0.15, 0.2) is 0 Å². The van der Waals surface area contributed by atoms with E-state index in [9.17, 15) is 18.0 Å². The Morgan fingerprint density at radius 1 is 0.758 bits per heavy atom. The Bertz CT molecular complexity index is 909. The van der Waals surface area contributed by atoms with E-state index in [1.807, 2.05) is 21.9 Å². The number of amides is 2. The fourth-order valence-corrected chi connectivity index (χ4v) is 6.76. The summed E-state index contributed by atoms with van der Waals surface area (Å²) in [5.41, 5.74) is 0.968. The number of nitrogens with zero attached hydrogens (tertiary/aromatic N) is 3. The molecule has 0 aliphatic carbocycles. The summed E-state index contributed by atoms with van der Waals surface area (Å²) in [5.74, 6) is 0.453. The lowest BCUT2D eigenvalue weighted by atomic mass is 9.94. The summed E-state index contributed by atoms with van der Waals surface area (Å²) < 4.78 is 26.8. The molecule has 0 N–H and O–H groups in total. The molecule has 0 radical (unpaired) electrons. The highest BCUT2D eigenvalue weighted by Gasteiger charge is 2.30. The molecule has 0 aromatic heterocycles. The number of hydrogen-bond donors (Lipinski definition) is 0. The molecule has 4 rings (SSSR count). The third-order valence-electron chi connectivity index (χ3n) is 7.37. The maximum Gasteiger partial charge on any atom is 0.243 e. The molecule has 0 bridgehead atoms. The predicted molar refractivity (Wildman–Crippen MR) is 127 cm³/mol. The predicted octanol–water partition coefficient (Wildman–Crippen LogP) is 3.04. The Morgan fingerprint density at radius 3 is 1.94 bits per heavy atom. The van der Waals surface area contributed by atoms with Gasteiger partial charge in [0.1, 0.15) is 0 Å². The Labute approximate surface area is 198 Å². The first kappa shape index (κ1) is 24.2. The minimum Gasteiger partial charge on any atom is -0.343 e. The molecule has 3 fully saturated rings. The fraction of sp³-hybridized carbons (Fsp3) is 0.680. The molecule has 0 spiro atoms. The average molecular weight is 476 g/mol. The molecule has 3 saturated heterocycles. The average Bonchev–Trinajstić information content (AvgIpc) is 3.26. The molecule has 0 atom stereocenters. The normalized spacial score (nSPS) is 21.2. The third-order valence-corrected chi connectivity index (χ3v) is 9.28. The highest BCUT2D eigenvalue weighted by Crippen LogP contribution is 2.24. The summed E-state index contributed by atoms with van der Waals surface area (Å²) in [6, 6.07) is 6.96. The summed E-state index contributed by atoms with van der Waals surface area (Å²) >= 11 is 0. The first-order valence-corrected chi connectivity index (χ1v) is 14.0. The van der Waals surface area contributed by atoms with E-state index in [1.165, 1.54) is 12.8 Å². The summed E-state index contributed by atoms with van der Waals surface area (Å²) in [5, 5.41) is 0. The van der Waals surface area contributed by atoms with E-state index in [2.05, 4.69) is 0 Å². The van der Waals surface area contributed by atoms with Crippen molar-refractivity contribution >= 4 is 21.8 Å². The second kappa shape index (κ2) is 11.0. The molecule has 0 saturated carbocycles. The third kappa shape index (κ3) is 5.96. The van der Waals surface area contributed by atoms with Gasteiger partial charge in [-0.3, -0.25) is 9.59 Å². The van der Waals surface area contributed by atoms with E-state index in [4.69, 9.17) is 0 Å². The van der Waals surface area contributed by atoms with Crippen molar-refractivity contribution in [3.05, 3.63) is 29.8 Å². The van der Waals surface area contributed by atoms with Gasteiger partial charge in [-0.15, -0.1) is 0 Å². The van der Waals surface area contributed by atoms with Gasteiger partial charge in [0.25, 0.3) is 0 Å². The number of rotatable bonds is 6. The van der Waals surface area contributed by atoms with Crippen molar-refractivity contribution in [2.24, 2.45) is 5.92 Å². The number of carbonyl (C=O) groups is 2. The van der Waals surface area contributed by atoms with Gasteiger partial charge in [-0.2, -0.15) is 4.31 Å². The zero-order chi connectivity index (χ0) is 23.3. The highest BCUT2D eigenvalue weighted by atomic mass is 32.2. The van der Waals surface area contributed by atoms with E-state index in [1.54, 1.807) is 16.4 Å². The van der Waals surface area contributed by atoms with Crippen molar-refractivity contribution in [3.63, 3.8) is 0 Å². The molecule has 2 amide bonds. The Morgan fingerprint density at radius 2 is 1.33 bits per heavy atom. The first-order chi connectivity index (χ1) is 15.9. The van der Waals surface area contributed by atoms with Crippen LogP contribution in [0.5, 0.6) is 0 Å². The van der Waals surface area contributed by atoms with E-state index >= 15 is 0 Å². The van der Waals surface area contributed by atoms with E-state index < -0.39 is 10.0 Å². The van der Waals surface area contributed by atoms with Crippen LogP contribution in [0, 0.1) is 5.92 Å². The standard InChI is InChI=1S/C25H37N3O4S/c29-24(26-19-13-22(14-20-26)25(30)27-15-3-1-2-4-16-27)12-9-21-7-10-23(11-8-21)33(31,32)28-17-5-6-18-28/h7-8,10-11,22H,1-6,9,12-20H2. The molecule has 33 heavy (non-hydrogen) atoms. The van der Waals surface area contributed by atoms with Crippen molar-refractivity contribution in [1.82, 2.24) is 14.1 Å². The summed E-state index contributed by atoms with van der Waals surface area (Å²) in [7, 11) is -3.40. The smallest absolute Gasteiger partial charge is 0.243 e. The lowest BCUT2D eigenvalue weighted by Gasteiger charge is -2.34. The van der Waals surface area contributed by atoms with Crippen LogP contribution in [-0.4, -0.2) is 73.6 Å². The fourth-order valence-electron chi connectivity index (χ4n) is 5.24. The van der Waals surface area contributed by atoms with Crippen LogP contribution in [0.3, 0.4) is 0 Å². The number of likely N-dealkylation sites (tertiary alicyclic amines) is 2. The van der Waals surface area contributed by atoms with Crippen LogP contribution in [0.25, 0.3) is 0 Å². The highest BCUT2D eigenvalue weighted by molar-refractivity contribution is 7.89. The summed E-state index contributed by atoms with van der Waals surface area (Å²) in [6.07, 6.45) is 8.99. The van der Waals surface area contributed by atoms with Crippen LogP contribution in [0.2, 0.25) is 0 Å². The van der Waals surface area contributed by atoms with Crippen LogP contribution in [0.15, 0.2) is 29.2 Å². The molecule has 7 nitrogen and oxygen atoms in total. The van der Waals surface area contributed by atoms with Gasteiger partial charge in [-0.05, 0) is 62.6 Å². The van der Waals surface area contributed by atoms with Crippen molar-refractivity contribution in [1.29, 1.82) is 0 Å². The first-order valence-electron chi connectivity index (χ1n) is 12.6. The summed E-state index contributed by atoms with van der Waals surface area (Å²) in [4.78, 5) is 29.8. The molecule has 3 aliphatic heterocycles. The number of hydrogen-bond acceptors (Lipinski definition) is 4. The molecule has 1 aromatic carbocycles. The van der Waals surface area contributed by atoms with E-state index in [0.717, 1.165) is 57.2 Å². The van der Waals surface area contributed by atoms with Gasteiger partial charge in [-0.25, -0.2) is 8.42 Å². The van der Waals surface area contributed by atoms with Crippen LogP contribution < -0.4 is 0 Å². The number of carbonyl (C=O) groups excluding carboxylic acids is 2. The second-order valence-electron chi connectivity index (χ2n) is 9.65. The van der Waals surface area contributed by atoms with Gasteiger partial charge in [0.05, 0.1) is 4.90 Å². The van der Waals surface area contributed by atoms with E-state index in [-0.39, 0.29) is 17.7 Å². The maximum absolute atomic E-state index is 12.9. The zero-order valence-electron chi connectivity index (χ0n) is 19.6. The molecule has 0 unspecified atom stereocenters. The lowest BCUT2D eigenvalue weighted by molar-refractivity contribution is -0.140. The molecule has 3 heterocycles. The number of sulfonamides is 1. The van der Waals surface area contributed by atoms with Crippen LogP contribution >= 0.6 is 0 Å². The van der Waals surface area contributed by atoms with E-state index in [0.29, 0.717) is 43.9 Å². The van der Waals surface area contributed by atoms with Gasteiger partial charge in [0, 0.05) is 51.6 Å². The Kier molecular flexibility index (Phi) is 8.07.